The van der Waals surface area contributed by atoms with Crippen LogP contribution in [0.1, 0.15) is 45.1 Å². The van der Waals surface area contributed by atoms with Gasteiger partial charge in [-0.15, -0.1) is 0 Å². The smallest absolute Gasteiger partial charge is 0.242 e. The number of hydrogen-bond acceptors (Lipinski definition) is 6. The molecular formula is C27H35Cl2N3O6S. The molecule has 3 rings (SSSR count). The summed E-state index contributed by atoms with van der Waals surface area (Å²) in [5.74, 6) is 0.414. The van der Waals surface area contributed by atoms with Crippen molar-refractivity contribution in [2.24, 2.45) is 0 Å². The van der Waals surface area contributed by atoms with Crippen LogP contribution >= 0.6 is 23.2 Å². The Morgan fingerprint density at radius 1 is 1.05 bits per heavy atom. The molecule has 214 valence electrons. The van der Waals surface area contributed by atoms with Crippen LogP contribution in [-0.2, 0) is 26.2 Å². The van der Waals surface area contributed by atoms with Crippen molar-refractivity contribution in [2.45, 2.75) is 52.1 Å². The van der Waals surface area contributed by atoms with Gasteiger partial charge in [0, 0.05) is 47.7 Å². The Labute approximate surface area is 240 Å². The first kappa shape index (κ1) is 30.8. The Balaban J connectivity index is 1.75. The van der Waals surface area contributed by atoms with Gasteiger partial charge in [-0.05, 0) is 44.0 Å². The number of ether oxygens (including phenoxy) is 2. The number of carbonyl (C=O) groups is 2. The molecule has 0 aliphatic carbocycles. The van der Waals surface area contributed by atoms with Crippen molar-refractivity contribution in [3.8, 4) is 11.5 Å². The number of hydrogen-bond donors (Lipinski definition) is 1. The number of fused-ring (bicyclic) bond motifs is 1. The predicted octanol–water partition coefficient (Wildman–Crippen LogP) is 4.64. The second kappa shape index (κ2) is 14.1. The largest absolute Gasteiger partial charge is 0.486 e. The number of benzene rings is 2. The molecular weight excluding hydrogens is 565 g/mol. The first-order valence-corrected chi connectivity index (χ1v) is 15.5. The molecule has 1 unspecified atom stereocenters. The summed E-state index contributed by atoms with van der Waals surface area (Å²) in [6.07, 6.45) is 3.08. The van der Waals surface area contributed by atoms with Crippen LogP contribution in [0.5, 0.6) is 11.5 Å². The van der Waals surface area contributed by atoms with Crippen molar-refractivity contribution < 1.29 is 27.5 Å². The zero-order valence-corrected chi connectivity index (χ0v) is 24.7. The Hall–Kier alpha value is -2.69. The van der Waals surface area contributed by atoms with E-state index in [1.165, 1.54) is 9.21 Å². The quantitative estimate of drug-likeness (QED) is 0.336. The van der Waals surface area contributed by atoms with E-state index in [-0.39, 0.29) is 37.7 Å². The van der Waals surface area contributed by atoms with E-state index in [0.29, 0.717) is 52.6 Å². The first-order chi connectivity index (χ1) is 18.5. The van der Waals surface area contributed by atoms with E-state index in [4.69, 9.17) is 32.7 Å². The summed E-state index contributed by atoms with van der Waals surface area (Å²) < 4.78 is 37.6. The fraction of sp³-hybridized carbons (Fsp3) is 0.481. The van der Waals surface area contributed by atoms with Crippen molar-refractivity contribution >= 4 is 50.7 Å². The summed E-state index contributed by atoms with van der Waals surface area (Å²) in [5.41, 5.74) is 0.953. The zero-order chi connectivity index (χ0) is 28.6. The molecule has 2 amide bonds. The summed E-state index contributed by atoms with van der Waals surface area (Å²) in [6, 6.07) is 9.20. The molecule has 0 saturated carbocycles. The molecule has 0 aromatic heterocycles. The standard InChI is InChI=1S/C27H35Cl2N3O6S/c1-4-5-13-30-27(34)19(2)31(18-21-22(28)8-6-9-23(21)29)26(33)10-7-14-32(39(3,35)36)20-11-12-24-25(17-20)38-16-15-37-24/h6,8-9,11-12,17,19H,4-5,7,10,13-16,18H2,1-3H3,(H,30,34). The Bertz CT molecular complexity index is 1250. The average Bonchev–Trinajstić information content (AvgIpc) is 2.89. The lowest BCUT2D eigenvalue weighted by Gasteiger charge is -2.30. The van der Waals surface area contributed by atoms with Gasteiger partial charge in [0.2, 0.25) is 21.8 Å². The molecule has 0 spiro atoms. The second-order valence-corrected chi connectivity index (χ2v) is 12.0. The highest BCUT2D eigenvalue weighted by atomic mass is 35.5. The number of anilines is 1. The lowest BCUT2D eigenvalue weighted by Crippen LogP contribution is -2.48. The second-order valence-electron chi connectivity index (χ2n) is 9.31. The maximum atomic E-state index is 13.5. The van der Waals surface area contributed by atoms with Crippen molar-refractivity contribution in [1.82, 2.24) is 10.2 Å². The van der Waals surface area contributed by atoms with E-state index >= 15 is 0 Å². The molecule has 2 aromatic carbocycles. The molecule has 12 heteroatoms. The molecule has 0 bridgehead atoms. The van der Waals surface area contributed by atoms with Gasteiger partial charge >= 0.3 is 0 Å². The van der Waals surface area contributed by atoms with Gasteiger partial charge in [0.25, 0.3) is 0 Å². The van der Waals surface area contributed by atoms with Crippen LogP contribution in [0.4, 0.5) is 5.69 Å². The van der Waals surface area contributed by atoms with E-state index in [1.54, 1.807) is 43.3 Å². The van der Waals surface area contributed by atoms with Crippen LogP contribution in [0.25, 0.3) is 0 Å². The fourth-order valence-corrected chi connectivity index (χ4v) is 5.64. The van der Waals surface area contributed by atoms with Gasteiger partial charge in [-0.1, -0.05) is 42.6 Å². The van der Waals surface area contributed by atoms with Gasteiger partial charge in [0.05, 0.1) is 11.9 Å². The molecule has 39 heavy (non-hydrogen) atoms. The highest BCUT2D eigenvalue weighted by Crippen LogP contribution is 2.35. The molecule has 1 atom stereocenters. The molecule has 1 N–H and O–H groups in total. The fourth-order valence-electron chi connectivity index (χ4n) is 4.16. The molecule has 2 aromatic rings. The SMILES string of the molecule is CCCCNC(=O)C(C)N(Cc1c(Cl)cccc1Cl)C(=O)CCCN(c1ccc2c(c1)OCCO2)S(C)(=O)=O. The van der Waals surface area contributed by atoms with E-state index in [9.17, 15) is 18.0 Å². The summed E-state index contributed by atoms with van der Waals surface area (Å²) >= 11 is 12.7. The van der Waals surface area contributed by atoms with E-state index in [1.807, 2.05) is 6.92 Å². The third-order valence-electron chi connectivity index (χ3n) is 6.35. The number of nitrogens with one attached hydrogen (secondary N) is 1. The predicted molar refractivity (Wildman–Crippen MR) is 153 cm³/mol. The molecule has 0 saturated heterocycles. The van der Waals surface area contributed by atoms with Gasteiger partial charge in [0.1, 0.15) is 19.3 Å². The maximum Gasteiger partial charge on any atom is 0.242 e. The lowest BCUT2D eigenvalue weighted by molar-refractivity contribution is -0.140. The molecule has 1 aliphatic rings. The number of carbonyl (C=O) groups excluding carboxylic acids is 2. The van der Waals surface area contributed by atoms with E-state index in [2.05, 4.69) is 5.32 Å². The molecule has 1 heterocycles. The average molecular weight is 601 g/mol. The van der Waals surface area contributed by atoms with Crippen LogP contribution in [-0.4, -0.2) is 63.7 Å². The van der Waals surface area contributed by atoms with E-state index in [0.717, 1.165) is 19.1 Å². The number of halogens is 2. The van der Waals surface area contributed by atoms with Crippen LogP contribution < -0.4 is 19.1 Å². The minimum atomic E-state index is -3.65. The zero-order valence-electron chi connectivity index (χ0n) is 22.4. The molecule has 1 aliphatic heterocycles. The number of sulfonamides is 1. The van der Waals surface area contributed by atoms with Gasteiger partial charge < -0.3 is 19.7 Å². The van der Waals surface area contributed by atoms with E-state index < -0.39 is 16.1 Å². The summed E-state index contributed by atoms with van der Waals surface area (Å²) in [7, 11) is -3.65. The maximum absolute atomic E-state index is 13.5. The summed E-state index contributed by atoms with van der Waals surface area (Å²) in [4.78, 5) is 27.8. The number of rotatable bonds is 13. The van der Waals surface area contributed by atoms with Crippen LogP contribution in [0.15, 0.2) is 36.4 Å². The van der Waals surface area contributed by atoms with Crippen LogP contribution in [0.3, 0.4) is 0 Å². The third-order valence-corrected chi connectivity index (χ3v) is 8.26. The number of amides is 2. The Morgan fingerprint density at radius 3 is 2.36 bits per heavy atom. The number of unbranched alkanes of at least 4 members (excludes halogenated alkanes) is 1. The van der Waals surface area contributed by atoms with Crippen LogP contribution in [0, 0.1) is 0 Å². The molecule has 0 fully saturated rings. The van der Waals surface area contributed by atoms with Gasteiger partial charge in [0.15, 0.2) is 11.5 Å². The third kappa shape index (κ3) is 8.40. The lowest BCUT2D eigenvalue weighted by atomic mass is 10.1. The van der Waals surface area contributed by atoms with Gasteiger partial charge in [-0.2, -0.15) is 0 Å². The van der Waals surface area contributed by atoms with Crippen LogP contribution in [0.2, 0.25) is 10.0 Å². The monoisotopic (exact) mass is 599 g/mol. The van der Waals surface area contributed by atoms with Crippen molar-refractivity contribution in [3.05, 3.63) is 52.0 Å². The minimum Gasteiger partial charge on any atom is -0.486 e. The highest BCUT2D eigenvalue weighted by Gasteiger charge is 2.28. The minimum absolute atomic E-state index is 0.00518. The summed E-state index contributed by atoms with van der Waals surface area (Å²) in [5, 5.41) is 3.65. The molecule has 9 nitrogen and oxygen atoms in total. The highest BCUT2D eigenvalue weighted by molar-refractivity contribution is 7.92. The Kier molecular flexibility index (Phi) is 11.1. The van der Waals surface area contributed by atoms with Crippen molar-refractivity contribution in [3.63, 3.8) is 0 Å². The Morgan fingerprint density at radius 2 is 1.72 bits per heavy atom. The molecule has 0 radical (unpaired) electrons. The van der Waals surface area contributed by atoms with Gasteiger partial charge in [-0.3, -0.25) is 13.9 Å². The van der Waals surface area contributed by atoms with Crippen molar-refractivity contribution in [1.29, 1.82) is 0 Å². The van der Waals surface area contributed by atoms with Gasteiger partial charge in [-0.25, -0.2) is 8.42 Å². The normalized spacial score (nSPS) is 13.5. The topological polar surface area (TPSA) is 105 Å². The van der Waals surface area contributed by atoms with Crippen molar-refractivity contribution in [2.75, 3.05) is 36.9 Å². The summed E-state index contributed by atoms with van der Waals surface area (Å²) in [6.45, 7) is 5.08. The first-order valence-electron chi connectivity index (χ1n) is 12.9. The number of nitrogens with zero attached hydrogens (tertiary/aromatic N) is 2.